The van der Waals surface area contributed by atoms with Gasteiger partial charge in [0.05, 0.1) is 11.0 Å². The van der Waals surface area contributed by atoms with Crippen molar-refractivity contribution in [2.75, 3.05) is 24.6 Å². The van der Waals surface area contributed by atoms with Gasteiger partial charge in [0.15, 0.2) is 8.32 Å². The van der Waals surface area contributed by atoms with Crippen LogP contribution in [0.25, 0.3) is 0 Å². The maximum Gasteiger partial charge on any atom is 0.407 e. The zero-order valence-corrected chi connectivity index (χ0v) is 21.6. The van der Waals surface area contributed by atoms with Crippen LogP contribution in [0.3, 0.4) is 0 Å². The number of carbonyl (C=O) groups is 1. The fourth-order valence-electron chi connectivity index (χ4n) is 3.43. The van der Waals surface area contributed by atoms with Gasteiger partial charge in [0.2, 0.25) is 0 Å². The molecule has 1 fully saturated rings. The van der Waals surface area contributed by atoms with E-state index in [0.717, 1.165) is 0 Å². The Labute approximate surface area is 192 Å². The third-order valence-corrected chi connectivity index (χ3v) is 10.6. The van der Waals surface area contributed by atoms with E-state index >= 15 is 0 Å². The highest BCUT2D eigenvalue weighted by Crippen LogP contribution is 2.37. The largest absolute Gasteiger partial charge is 0.444 e. The minimum absolute atomic E-state index is 0.0468. The molecule has 1 saturated heterocycles. The van der Waals surface area contributed by atoms with Crippen molar-refractivity contribution in [1.82, 2.24) is 10.3 Å². The average Bonchev–Trinajstić information content (AvgIpc) is 2.63. The molecular weight excluding hydrogens is 428 g/mol. The summed E-state index contributed by atoms with van der Waals surface area (Å²) in [6.07, 6.45) is 3.04. The first kappa shape index (κ1) is 26.1. The summed E-state index contributed by atoms with van der Waals surface area (Å²) in [5.74, 6) is 0.102. The van der Waals surface area contributed by atoms with Crippen LogP contribution in [0, 0.1) is 16.0 Å². The molecule has 0 aliphatic carbocycles. The van der Waals surface area contributed by atoms with E-state index in [4.69, 9.17) is 9.16 Å². The van der Waals surface area contributed by atoms with Crippen molar-refractivity contribution in [2.45, 2.75) is 77.7 Å². The molecule has 9 nitrogen and oxygen atoms in total. The van der Waals surface area contributed by atoms with Gasteiger partial charge in [-0.05, 0) is 51.4 Å². The molecule has 32 heavy (non-hydrogen) atoms. The number of aromatic nitrogens is 1. The lowest BCUT2D eigenvalue weighted by molar-refractivity contribution is -0.384. The van der Waals surface area contributed by atoms with Crippen LogP contribution in [-0.2, 0) is 9.16 Å². The Morgan fingerprint density at radius 1 is 1.28 bits per heavy atom. The number of piperidine rings is 1. The van der Waals surface area contributed by atoms with Crippen molar-refractivity contribution in [1.29, 1.82) is 0 Å². The van der Waals surface area contributed by atoms with Gasteiger partial charge in [-0.25, -0.2) is 4.79 Å². The molecule has 2 atom stereocenters. The Hall–Kier alpha value is -2.20. The van der Waals surface area contributed by atoms with Gasteiger partial charge in [-0.3, -0.25) is 15.1 Å². The van der Waals surface area contributed by atoms with Crippen molar-refractivity contribution in [3.8, 4) is 0 Å². The lowest BCUT2D eigenvalue weighted by Gasteiger charge is -2.42. The highest BCUT2D eigenvalue weighted by Gasteiger charge is 2.39. The number of nitro groups is 1. The quantitative estimate of drug-likeness (QED) is 0.367. The standard InChI is InChI=1S/C22H38N4O5Si/c1-21(2,3)31-20(27)24-17-11-16(15-30-32(7,8)22(4,5)6)13-25(14-17)18-9-10-23-12-19(18)26(28)29/h9-10,12,16-17H,11,13-15H2,1-8H3,(H,24,27)/t16-,17+/m1/s1. The molecule has 1 N–H and O–H groups in total. The molecule has 0 saturated carbocycles. The molecule has 1 aliphatic heterocycles. The molecule has 0 unspecified atom stereocenters. The van der Waals surface area contributed by atoms with E-state index in [9.17, 15) is 14.9 Å². The Morgan fingerprint density at radius 2 is 1.94 bits per heavy atom. The Balaban J connectivity index is 2.23. The maximum absolute atomic E-state index is 12.4. The monoisotopic (exact) mass is 466 g/mol. The number of pyridine rings is 1. The predicted molar refractivity (Wildman–Crippen MR) is 128 cm³/mol. The Kier molecular flexibility index (Phi) is 7.93. The topological polar surface area (TPSA) is 107 Å². The average molecular weight is 467 g/mol. The third kappa shape index (κ3) is 7.16. The second-order valence-corrected chi connectivity index (χ2v) is 15.9. The molecule has 0 bridgehead atoms. The number of hydrogen-bond acceptors (Lipinski definition) is 7. The van der Waals surface area contributed by atoms with Crippen LogP contribution in [-0.4, -0.2) is 55.7 Å². The number of amides is 1. The third-order valence-electron chi connectivity index (χ3n) is 6.06. The fraction of sp³-hybridized carbons (Fsp3) is 0.727. The van der Waals surface area contributed by atoms with Gasteiger partial charge >= 0.3 is 11.8 Å². The van der Waals surface area contributed by atoms with Gasteiger partial charge in [0.25, 0.3) is 0 Å². The predicted octanol–water partition coefficient (Wildman–Crippen LogP) is 4.73. The molecule has 2 rings (SSSR count). The lowest BCUT2D eigenvalue weighted by Crippen LogP contribution is -2.53. The lowest BCUT2D eigenvalue weighted by atomic mass is 9.94. The molecule has 1 aromatic heterocycles. The summed E-state index contributed by atoms with van der Waals surface area (Å²) in [6, 6.07) is 1.43. The number of ether oxygens (including phenoxy) is 1. The number of alkyl carbamates (subject to hydrolysis) is 1. The molecule has 1 aliphatic rings. The summed E-state index contributed by atoms with van der Waals surface area (Å²) >= 11 is 0. The van der Waals surface area contributed by atoms with Crippen molar-refractivity contribution in [3.63, 3.8) is 0 Å². The van der Waals surface area contributed by atoms with Crippen LogP contribution in [0.4, 0.5) is 16.2 Å². The number of hydrogen-bond donors (Lipinski definition) is 1. The number of nitrogens with one attached hydrogen (secondary N) is 1. The van der Waals surface area contributed by atoms with E-state index in [1.807, 2.05) is 25.7 Å². The second-order valence-electron chi connectivity index (χ2n) is 11.0. The van der Waals surface area contributed by atoms with Gasteiger partial charge in [-0.1, -0.05) is 20.8 Å². The van der Waals surface area contributed by atoms with Gasteiger partial charge < -0.3 is 19.4 Å². The second kappa shape index (κ2) is 9.74. The maximum atomic E-state index is 12.4. The molecule has 0 spiro atoms. The Morgan fingerprint density at radius 3 is 2.50 bits per heavy atom. The summed E-state index contributed by atoms with van der Waals surface area (Å²) in [6.45, 7) is 18.0. The molecular formula is C22H38N4O5Si. The molecule has 180 valence electrons. The normalized spacial score (nSPS) is 20.1. The van der Waals surface area contributed by atoms with Gasteiger partial charge in [0.1, 0.15) is 17.5 Å². The summed E-state index contributed by atoms with van der Waals surface area (Å²) in [5.41, 5.74) is -0.153. The first-order valence-corrected chi connectivity index (χ1v) is 14.0. The van der Waals surface area contributed by atoms with Crippen LogP contribution in [0.5, 0.6) is 0 Å². The van der Waals surface area contributed by atoms with Crippen molar-refractivity contribution in [3.05, 3.63) is 28.6 Å². The molecule has 0 radical (unpaired) electrons. The highest BCUT2D eigenvalue weighted by atomic mass is 28.4. The number of nitrogens with zero attached hydrogens (tertiary/aromatic N) is 3. The molecule has 10 heteroatoms. The van der Waals surface area contributed by atoms with E-state index in [-0.39, 0.29) is 22.7 Å². The SMILES string of the molecule is CC(C)(C)OC(=O)N[C@H]1C[C@@H](CO[Si](C)(C)C(C)(C)C)CN(c2ccncc2[N+](=O)[O-])C1. The zero-order chi connectivity index (χ0) is 24.3. The van der Waals surface area contributed by atoms with E-state index in [1.165, 1.54) is 6.20 Å². The summed E-state index contributed by atoms with van der Waals surface area (Å²) in [5, 5.41) is 14.6. The van der Waals surface area contributed by atoms with Crippen molar-refractivity contribution < 1.29 is 18.9 Å². The van der Waals surface area contributed by atoms with Crippen molar-refractivity contribution in [2.24, 2.45) is 5.92 Å². The summed E-state index contributed by atoms with van der Waals surface area (Å²) in [4.78, 5) is 29.4. The first-order chi connectivity index (χ1) is 14.6. The van der Waals surface area contributed by atoms with Gasteiger partial charge in [0, 0.05) is 31.8 Å². The Bertz CT molecular complexity index is 819. The fourth-order valence-corrected chi connectivity index (χ4v) is 4.51. The van der Waals surface area contributed by atoms with E-state index in [0.29, 0.717) is 31.8 Å². The van der Waals surface area contributed by atoms with Crippen LogP contribution >= 0.6 is 0 Å². The number of carbonyl (C=O) groups excluding carboxylic acids is 1. The van der Waals surface area contributed by atoms with E-state index in [2.05, 4.69) is 44.2 Å². The van der Waals surface area contributed by atoms with Crippen molar-refractivity contribution >= 4 is 25.8 Å². The van der Waals surface area contributed by atoms with Crippen LogP contribution < -0.4 is 10.2 Å². The smallest absolute Gasteiger partial charge is 0.407 e. The summed E-state index contributed by atoms with van der Waals surface area (Å²) in [7, 11) is -1.95. The molecule has 1 aromatic rings. The summed E-state index contributed by atoms with van der Waals surface area (Å²) < 4.78 is 11.9. The van der Waals surface area contributed by atoms with Gasteiger partial charge in [-0.2, -0.15) is 0 Å². The highest BCUT2D eigenvalue weighted by molar-refractivity contribution is 6.74. The molecule has 0 aromatic carbocycles. The molecule has 2 heterocycles. The van der Waals surface area contributed by atoms with E-state index in [1.54, 1.807) is 12.3 Å². The number of rotatable bonds is 6. The van der Waals surface area contributed by atoms with Crippen LogP contribution in [0.1, 0.15) is 48.0 Å². The minimum Gasteiger partial charge on any atom is -0.444 e. The molecule has 1 amide bonds. The zero-order valence-electron chi connectivity index (χ0n) is 20.6. The van der Waals surface area contributed by atoms with E-state index < -0.39 is 24.9 Å². The van der Waals surface area contributed by atoms with Crippen LogP contribution in [0.15, 0.2) is 18.5 Å². The first-order valence-electron chi connectivity index (χ1n) is 11.1. The number of anilines is 1. The van der Waals surface area contributed by atoms with Crippen LogP contribution in [0.2, 0.25) is 18.1 Å². The minimum atomic E-state index is -1.95. The van der Waals surface area contributed by atoms with Gasteiger partial charge in [-0.15, -0.1) is 0 Å².